The Hall–Kier alpha value is -2.01. The minimum absolute atomic E-state index is 0.0293. The molecule has 140 valence electrons. The summed E-state index contributed by atoms with van der Waals surface area (Å²) >= 11 is 0. The van der Waals surface area contributed by atoms with Gasteiger partial charge in [0.1, 0.15) is 12.3 Å². The second-order valence-electron chi connectivity index (χ2n) is 5.50. The summed E-state index contributed by atoms with van der Waals surface area (Å²) in [5, 5.41) is 4.30. The first-order valence-electron chi connectivity index (χ1n) is 7.38. The Kier molecular flexibility index (Phi) is 5.78. The van der Waals surface area contributed by atoms with E-state index in [1.54, 1.807) is 5.32 Å². The predicted molar refractivity (Wildman–Crippen MR) is 83.9 cm³/mol. The van der Waals surface area contributed by atoms with Crippen LogP contribution in [-0.2, 0) is 14.8 Å². The molecule has 1 saturated carbocycles. The third-order valence-electron chi connectivity index (χ3n) is 3.31. The monoisotopic (exact) mass is 381 g/mol. The summed E-state index contributed by atoms with van der Waals surface area (Å²) in [6.45, 7) is -1.91. The largest absolute Gasteiger partial charge is 0.495 e. The Balaban J connectivity index is 2.05. The van der Waals surface area contributed by atoms with E-state index in [2.05, 4.69) is 10.0 Å². The quantitative estimate of drug-likeness (QED) is 0.629. The number of hydrogen-bond acceptors (Lipinski definition) is 5. The van der Waals surface area contributed by atoms with Crippen LogP contribution in [0.5, 0.6) is 5.75 Å². The van der Waals surface area contributed by atoms with E-state index in [0.717, 1.165) is 12.8 Å². The van der Waals surface area contributed by atoms with Crippen molar-refractivity contribution in [2.24, 2.45) is 0 Å². The summed E-state index contributed by atoms with van der Waals surface area (Å²) in [7, 11) is -2.36. The fourth-order valence-electron chi connectivity index (χ4n) is 1.92. The number of alkyl halides is 3. The molecular weight excluding hydrogens is 363 g/mol. The smallest absolute Gasteiger partial charge is 0.405 e. The fourth-order valence-corrected chi connectivity index (χ4v) is 3.25. The van der Waals surface area contributed by atoms with Crippen molar-refractivity contribution in [3.63, 3.8) is 0 Å². The zero-order valence-corrected chi connectivity index (χ0v) is 14.1. The van der Waals surface area contributed by atoms with Crippen LogP contribution in [0.25, 0.3) is 0 Å². The summed E-state index contributed by atoms with van der Waals surface area (Å²) in [6.07, 6.45) is -2.95. The van der Waals surface area contributed by atoms with Crippen molar-refractivity contribution >= 4 is 21.6 Å². The lowest BCUT2D eigenvalue weighted by Gasteiger charge is -2.14. The number of benzene rings is 1. The number of ether oxygens (including phenoxy) is 1. The van der Waals surface area contributed by atoms with Crippen molar-refractivity contribution in [2.75, 3.05) is 25.5 Å². The first-order valence-corrected chi connectivity index (χ1v) is 8.87. The number of hydrogen-bond donors (Lipinski definition) is 3. The van der Waals surface area contributed by atoms with Crippen LogP contribution in [0.1, 0.15) is 12.8 Å². The van der Waals surface area contributed by atoms with Gasteiger partial charge in [0, 0.05) is 6.04 Å². The van der Waals surface area contributed by atoms with Gasteiger partial charge in [0.2, 0.25) is 15.9 Å². The van der Waals surface area contributed by atoms with Gasteiger partial charge in [-0.3, -0.25) is 4.79 Å². The number of rotatable bonds is 8. The van der Waals surface area contributed by atoms with E-state index >= 15 is 0 Å². The van der Waals surface area contributed by atoms with Crippen LogP contribution in [0.2, 0.25) is 0 Å². The first kappa shape index (κ1) is 19.3. The number of anilines is 1. The van der Waals surface area contributed by atoms with Gasteiger partial charge in [-0.25, -0.2) is 13.1 Å². The van der Waals surface area contributed by atoms with Gasteiger partial charge in [0.25, 0.3) is 0 Å². The normalized spacial score (nSPS) is 14.9. The predicted octanol–water partition coefficient (Wildman–Crippen LogP) is 1.23. The topological polar surface area (TPSA) is 96.5 Å². The summed E-state index contributed by atoms with van der Waals surface area (Å²) in [5.74, 6) is -0.627. The zero-order chi connectivity index (χ0) is 18.7. The van der Waals surface area contributed by atoms with E-state index < -0.39 is 35.2 Å². The molecule has 0 atom stereocenters. The molecule has 1 aliphatic rings. The van der Waals surface area contributed by atoms with Crippen molar-refractivity contribution in [1.29, 1.82) is 0 Å². The van der Waals surface area contributed by atoms with E-state index in [-0.39, 0.29) is 22.4 Å². The third-order valence-corrected chi connectivity index (χ3v) is 4.82. The van der Waals surface area contributed by atoms with Crippen molar-refractivity contribution < 1.29 is 31.1 Å². The number of carbonyl (C=O) groups is 1. The molecule has 0 aromatic heterocycles. The van der Waals surface area contributed by atoms with Crippen LogP contribution in [0, 0.1) is 0 Å². The van der Waals surface area contributed by atoms with Gasteiger partial charge >= 0.3 is 6.18 Å². The van der Waals surface area contributed by atoms with E-state index in [0.29, 0.717) is 0 Å². The highest BCUT2D eigenvalue weighted by Gasteiger charge is 2.29. The average molecular weight is 381 g/mol. The summed E-state index contributed by atoms with van der Waals surface area (Å²) in [6, 6.07) is 3.94. The van der Waals surface area contributed by atoms with Crippen LogP contribution in [-0.4, -0.2) is 46.7 Å². The molecule has 0 saturated heterocycles. The second kappa shape index (κ2) is 7.48. The molecule has 0 spiro atoms. The van der Waals surface area contributed by atoms with Gasteiger partial charge in [-0.05, 0) is 31.0 Å². The first-order chi connectivity index (χ1) is 11.6. The van der Waals surface area contributed by atoms with Gasteiger partial charge in [0.15, 0.2) is 0 Å². The maximum atomic E-state index is 12.2. The minimum Gasteiger partial charge on any atom is -0.495 e. The number of carbonyl (C=O) groups excluding carboxylic acids is 1. The number of sulfonamides is 1. The molecule has 11 heteroatoms. The van der Waals surface area contributed by atoms with Crippen molar-refractivity contribution in [1.82, 2.24) is 10.0 Å². The minimum atomic E-state index is -4.50. The molecule has 2 rings (SSSR count). The summed E-state index contributed by atoms with van der Waals surface area (Å²) in [5.41, 5.74) is 0.184. The van der Waals surface area contributed by atoms with Gasteiger partial charge in [-0.2, -0.15) is 13.2 Å². The Morgan fingerprint density at radius 1 is 1.32 bits per heavy atom. The van der Waals surface area contributed by atoms with Crippen LogP contribution in [0.4, 0.5) is 18.9 Å². The number of halogens is 3. The lowest BCUT2D eigenvalue weighted by atomic mass is 10.3. The van der Waals surface area contributed by atoms with E-state index in [1.807, 2.05) is 0 Å². The Labute approximate surface area is 143 Å². The van der Waals surface area contributed by atoms with Crippen LogP contribution in [0.15, 0.2) is 23.1 Å². The standard InChI is InChI=1S/C14H18F3N3O4S/c1-24-12-5-4-10(25(22,23)20-9-2-3-9)6-11(12)18-7-13(21)19-8-14(15,16)17/h4-6,9,18,20H,2-3,7-8H2,1H3,(H,19,21). The van der Waals surface area contributed by atoms with Crippen LogP contribution >= 0.6 is 0 Å². The molecule has 0 bridgehead atoms. The van der Waals surface area contributed by atoms with E-state index in [9.17, 15) is 26.4 Å². The summed E-state index contributed by atoms with van der Waals surface area (Å²) in [4.78, 5) is 11.4. The van der Waals surface area contributed by atoms with Crippen molar-refractivity contribution in [3.8, 4) is 5.75 Å². The maximum absolute atomic E-state index is 12.2. The highest BCUT2D eigenvalue weighted by molar-refractivity contribution is 7.89. The van der Waals surface area contributed by atoms with Crippen LogP contribution in [0.3, 0.4) is 0 Å². The van der Waals surface area contributed by atoms with E-state index in [4.69, 9.17) is 4.74 Å². The molecule has 1 aliphatic carbocycles. The highest BCUT2D eigenvalue weighted by atomic mass is 32.2. The number of amides is 1. The number of methoxy groups -OCH3 is 1. The number of nitrogens with one attached hydrogen (secondary N) is 3. The third kappa shape index (κ3) is 6.09. The van der Waals surface area contributed by atoms with Crippen molar-refractivity contribution in [2.45, 2.75) is 30.0 Å². The molecule has 0 heterocycles. The van der Waals surface area contributed by atoms with E-state index in [1.165, 1.54) is 25.3 Å². The molecule has 0 aliphatic heterocycles. The average Bonchev–Trinajstić information content (AvgIpc) is 3.33. The van der Waals surface area contributed by atoms with Gasteiger partial charge in [0.05, 0.1) is 24.2 Å². The maximum Gasteiger partial charge on any atom is 0.405 e. The molecule has 0 radical (unpaired) electrons. The highest BCUT2D eigenvalue weighted by Crippen LogP contribution is 2.29. The fraction of sp³-hybridized carbons (Fsp3) is 0.500. The van der Waals surface area contributed by atoms with Gasteiger partial charge < -0.3 is 15.4 Å². The lowest BCUT2D eigenvalue weighted by molar-refractivity contribution is -0.137. The van der Waals surface area contributed by atoms with Crippen molar-refractivity contribution in [3.05, 3.63) is 18.2 Å². The molecule has 0 unspecified atom stereocenters. The lowest BCUT2D eigenvalue weighted by Crippen LogP contribution is -2.37. The molecule has 1 aromatic rings. The van der Waals surface area contributed by atoms with Crippen LogP contribution < -0.4 is 20.1 Å². The Morgan fingerprint density at radius 2 is 2.00 bits per heavy atom. The SMILES string of the molecule is COc1ccc(S(=O)(=O)NC2CC2)cc1NCC(=O)NCC(F)(F)F. The molecule has 1 amide bonds. The molecule has 1 aromatic carbocycles. The Morgan fingerprint density at radius 3 is 2.56 bits per heavy atom. The molecule has 1 fully saturated rings. The zero-order valence-electron chi connectivity index (χ0n) is 13.3. The summed E-state index contributed by atoms with van der Waals surface area (Å²) < 4.78 is 68.2. The molecule has 3 N–H and O–H groups in total. The molecule has 25 heavy (non-hydrogen) atoms. The molecule has 7 nitrogen and oxygen atoms in total. The van der Waals surface area contributed by atoms with Gasteiger partial charge in [-0.1, -0.05) is 0 Å². The molecular formula is C14H18F3N3O4S. The Bertz CT molecular complexity index is 733. The second-order valence-corrected chi connectivity index (χ2v) is 7.22. The van der Waals surface area contributed by atoms with Gasteiger partial charge in [-0.15, -0.1) is 0 Å².